The molecule has 1 rings (SSSR count). The van der Waals surface area contributed by atoms with Gasteiger partial charge >= 0.3 is 12.1 Å². The Labute approximate surface area is 102 Å². The van der Waals surface area contributed by atoms with E-state index in [1.165, 1.54) is 6.92 Å². The lowest BCUT2D eigenvalue weighted by molar-refractivity contribution is -0.141. The molecular formula is C11H13F3N2O2. The number of alkyl halides is 3. The lowest BCUT2D eigenvalue weighted by Crippen LogP contribution is -2.15. The third-order valence-electron chi connectivity index (χ3n) is 2.39. The molecule has 4 nitrogen and oxygen atoms in total. The minimum Gasteiger partial charge on any atom is -0.481 e. The Balaban J connectivity index is 2.56. The summed E-state index contributed by atoms with van der Waals surface area (Å²) < 4.78 is 37.2. The average molecular weight is 262 g/mol. The number of aromatic nitrogens is 1. The molecule has 7 heteroatoms. The Morgan fingerprint density at radius 2 is 2.22 bits per heavy atom. The van der Waals surface area contributed by atoms with Gasteiger partial charge in [0.2, 0.25) is 0 Å². The van der Waals surface area contributed by atoms with Crippen molar-refractivity contribution in [2.24, 2.45) is 5.92 Å². The van der Waals surface area contributed by atoms with E-state index >= 15 is 0 Å². The molecule has 0 radical (unpaired) electrons. The predicted octanol–water partition coefficient (Wildman–Crippen LogP) is 2.62. The Bertz CT molecular complexity index is 421. The normalized spacial score (nSPS) is 13.1. The van der Waals surface area contributed by atoms with E-state index in [1.54, 1.807) is 0 Å². The van der Waals surface area contributed by atoms with E-state index in [9.17, 15) is 18.0 Å². The number of aliphatic carboxylic acids is 1. The lowest BCUT2D eigenvalue weighted by Gasteiger charge is -2.10. The SMILES string of the molecule is CC(CCNc1cc(C(F)(F)F)ccn1)C(=O)O. The van der Waals surface area contributed by atoms with Crippen molar-refractivity contribution in [3.05, 3.63) is 23.9 Å². The van der Waals surface area contributed by atoms with Gasteiger partial charge in [0.1, 0.15) is 5.82 Å². The van der Waals surface area contributed by atoms with E-state index in [2.05, 4.69) is 10.3 Å². The van der Waals surface area contributed by atoms with Gasteiger partial charge < -0.3 is 10.4 Å². The molecule has 2 N–H and O–H groups in total. The van der Waals surface area contributed by atoms with Crippen LogP contribution in [0.4, 0.5) is 19.0 Å². The molecule has 0 saturated carbocycles. The van der Waals surface area contributed by atoms with Gasteiger partial charge in [0.25, 0.3) is 0 Å². The molecule has 0 fully saturated rings. The summed E-state index contributed by atoms with van der Waals surface area (Å²) in [5.41, 5.74) is -0.786. The number of carboxylic acid groups (broad SMARTS) is 1. The number of carbonyl (C=O) groups is 1. The van der Waals surface area contributed by atoms with Crippen molar-refractivity contribution in [1.29, 1.82) is 0 Å². The lowest BCUT2D eigenvalue weighted by atomic mass is 10.1. The second-order valence-corrected chi connectivity index (χ2v) is 3.88. The Morgan fingerprint density at radius 3 is 2.78 bits per heavy atom. The molecule has 0 saturated heterocycles. The van der Waals surface area contributed by atoms with E-state index < -0.39 is 23.6 Å². The van der Waals surface area contributed by atoms with E-state index in [-0.39, 0.29) is 12.4 Å². The fraction of sp³-hybridized carbons (Fsp3) is 0.455. The molecule has 1 atom stereocenters. The van der Waals surface area contributed by atoms with Crippen LogP contribution >= 0.6 is 0 Å². The molecule has 18 heavy (non-hydrogen) atoms. The fourth-order valence-corrected chi connectivity index (χ4v) is 1.24. The number of rotatable bonds is 5. The van der Waals surface area contributed by atoms with E-state index in [4.69, 9.17) is 5.11 Å². The van der Waals surface area contributed by atoms with E-state index in [1.807, 2.05) is 0 Å². The first-order valence-electron chi connectivity index (χ1n) is 5.30. The highest BCUT2D eigenvalue weighted by Crippen LogP contribution is 2.29. The summed E-state index contributed by atoms with van der Waals surface area (Å²) in [6.07, 6.45) is -3.03. The summed E-state index contributed by atoms with van der Waals surface area (Å²) in [5, 5.41) is 11.3. The summed E-state index contributed by atoms with van der Waals surface area (Å²) in [5.74, 6) is -1.40. The van der Waals surface area contributed by atoms with Crippen molar-refractivity contribution < 1.29 is 23.1 Å². The second-order valence-electron chi connectivity index (χ2n) is 3.88. The van der Waals surface area contributed by atoms with Crippen LogP contribution in [0.25, 0.3) is 0 Å². The van der Waals surface area contributed by atoms with Gasteiger partial charge in [-0.3, -0.25) is 4.79 Å². The quantitative estimate of drug-likeness (QED) is 0.856. The van der Waals surface area contributed by atoms with Crippen LogP contribution in [0.1, 0.15) is 18.9 Å². The van der Waals surface area contributed by atoms with Crippen LogP contribution in [0.15, 0.2) is 18.3 Å². The Kier molecular flexibility index (Phi) is 4.52. The number of carboxylic acids is 1. The van der Waals surface area contributed by atoms with E-state index in [0.29, 0.717) is 6.42 Å². The molecule has 0 aliphatic rings. The van der Waals surface area contributed by atoms with Crippen molar-refractivity contribution in [2.75, 3.05) is 11.9 Å². The second kappa shape index (κ2) is 5.70. The van der Waals surface area contributed by atoms with Crippen molar-refractivity contribution in [3.63, 3.8) is 0 Å². The maximum Gasteiger partial charge on any atom is 0.416 e. The number of anilines is 1. The van der Waals surface area contributed by atoms with Crippen molar-refractivity contribution >= 4 is 11.8 Å². The zero-order valence-electron chi connectivity index (χ0n) is 9.66. The Hall–Kier alpha value is -1.79. The largest absolute Gasteiger partial charge is 0.481 e. The third kappa shape index (κ3) is 4.23. The molecule has 0 aliphatic carbocycles. The minimum atomic E-state index is -4.41. The minimum absolute atomic E-state index is 0.0856. The van der Waals surface area contributed by atoms with Gasteiger partial charge in [0, 0.05) is 12.7 Å². The Morgan fingerprint density at radius 1 is 1.56 bits per heavy atom. The molecule has 0 amide bonds. The first-order valence-corrected chi connectivity index (χ1v) is 5.30. The first-order chi connectivity index (χ1) is 8.30. The van der Waals surface area contributed by atoms with Crippen LogP contribution in [-0.2, 0) is 11.0 Å². The van der Waals surface area contributed by atoms with Gasteiger partial charge in [0.15, 0.2) is 0 Å². The maximum absolute atomic E-state index is 12.4. The molecular weight excluding hydrogens is 249 g/mol. The number of halogens is 3. The van der Waals surface area contributed by atoms with Gasteiger partial charge in [0.05, 0.1) is 11.5 Å². The van der Waals surface area contributed by atoms with Crippen LogP contribution in [-0.4, -0.2) is 22.6 Å². The predicted molar refractivity (Wildman–Crippen MR) is 59.1 cm³/mol. The number of pyridine rings is 1. The van der Waals surface area contributed by atoms with Crippen LogP contribution in [0.3, 0.4) is 0 Å². The third-order valence-corrected chi connectivity index (χ3v) is 2.39. The number of nitrogens with zero attached hydrogens (tertiary/aromatic N) is 1. The van der Waals surface area contributed by atoms with Crippen molar-refractivity contribution in [1.82, 2.24) is 4.98 Å². The maximum atomic E-state index is 12.4. The molecule has 1 aromatic rings. The summed E-state index contributed by atoms with van der Waals surface area (Å²) in [6.45, 7) is 1.78. The van der Waals surface area contributed by atoms with Gasteiger partial charge in [-0.1, -0.05) is 6.92 Å². The number of nitrogens with one attached hydrogen (secondary N) is 1. The van der Waals surface area contributed by atoms with Gasteiger partial charge in [-0.15, -0.1) is 0 Å². The highest BCUT2D eigenvalue weighted by atomic mass is 19.4. The summed E-state index contributed by atoms with van der Waals surface area (Å²) in [4.78, 5) is 14.3. The first kappa shape index (κ1) is 14.3. The molecule has 0 spiro atoms. The molecule has 1 heterocycles. The van der Waals surface area contributed by atoms with Gasteiger partial charge in [-0.2, -0.15) is 13.2 Å². The molecule has 0 bridgehead atoms. The topological polar surface area (TPSA) is 62.2 Å². The zero-order valence-corrected chi connectivity index (χ0v) is 9.66. The zero-order chi connectivity index (χ0) is 13.8. The summed E-state index contributed by atoms with van der Waals surface area (Å²) in [6, 6.07) is 1.77. The number of hydrogen-bond acceptors (Lipinski definition) is 3. The van der Waals surface area contributed by atoms with Gasteiger partial charge in [-0.05, 0) is 18.6 Å². The highest BCUT2D eigenvalue weighted by molar-refractivity contribution is 5.69. The summed E-state index contributed by atoms with van der Waals surface area (Å²) in [7, 11) is 0. The average Bonchev–Trinajstić information content (AvgIpc) is 2.28. The van der Waals surface area contributed by atoms with Crippen LogP contribution in [0.2, 0.25) is 0 Å². The van der Waals surface area contributed by atoms with Gasteiger partial charge in [-0.25, -0.2) is 4.98 Å². The van der Waals surface area contributed by atoms with Crippen LogP contribution in [0, 0.1) is 5.92 Å². The van der Waals surface area contributed by atoms with Crippen LogP contribution in [0.5, 0.6) is 0 Å². The van der Waals surface area contributed by atoms with Crippen molar-refractivity contribution in [3.8, 4) is 0 Å². The van der Waals surface area contributed by atoms with E-state index in [0.717, 1.165) is 18.3 Å². The molecule has 0 aromatic carbocycles. The molecule has 100 valence electrons. The smallest absolute Gasteiger partial charge is 0.416 e. The fourth-order valence-electron chi connectivity index (χ4n) is 1.24. The number of hydrogen-bond donors (Lipinski definition) is 2. The monoisotopic (exact) mass is 262 g/mol. The molecule has 1 aromatic heterocycles. The highest BCUT2D eigenvalue weighted by Gasteiger charge is 2.30. The standard InChI is InChI=1S/C11H13F3N2O2/c1-7(10(17)18)2-4-15-9-6-8(3-5-16-9)11(12,13)14/h3,5-7H,2,4H2,1H3,(H,15,16)(H,17,18). The van der Waals surface area contributed by atoms with Crippen molar-refractivity contribution in [2.45, 2.75) is 19.5 Å². The summed E-state index contributed by atoms with van der Waals surface area (Å²) >= 11 is 0. The molecule has 0 aliphatic heterocycles. The van der Waals surface area contributed by atoms with Crippen LogP contribution < -0.4 is 5.32 Å². The molecule has 1 unspecified atom stereocenters.